The van der Waals surface area contributed by atoms with Crippen molar-refractivity contribution >= 4 is 17.6 Å². The highest BCUT2D eigenvalue weighted by Gasteiger charge is 2.48. The number of ketones is 1. The molecule has 1 aliphatic rings. The SMILES string of the molecule is C/C(=C\C1(C(=O)C=[N+]=[N-])CC1)c1ccccc1. The Bertz CT molecular complexity index is 506. The van der Waals surface area contributed by atoms with Crippen molar-refractivity contribution in [2.45, 2.75) is 19.8 Å². The molecule has 0 heterocycles. The van der Waals surface area contributed by atoms with Gasteiger partial charge in [-0.05, 0) is 30.9 Å². The van der Waals surface area contributed by atoms with Gasteiger partial charge >= 0.3 is 6.21 Å². The number of Topliss-reactive ketones (excluding diaryl/α,β-unsaturated/α-hetero) is 1. The van der Waals surface area contributed by atoms with E-state index in [4.69, 9.17) is 5.53 Å². The fourth-order valence-corrected chi connectivity index (χ4v) is 1.98. The maximum atomic E-state index is 11.7. The molecule has 0 unspecified atom stereocenters. The lowest BCUT2D eigenvalue weighted by molar-refractivity contribution is -0.119. The summed E-state index contributed by atoms with van der Waals surface area (Å²) >= 11 is 0. The summed E-state index contributed by atoms with van der Waals surface area (Å²) in [7, 11) is 0. The van der Waals surface area contributed by atoms with Crippen LogP contribution in [0.15, 0.2) is 36.4 Å². The van der Waals surface area contributed by atoms with Gasteiger partial charge in [-0.15, -0.1) is 0 Å². The Labute approximate surface area is 100 Å². The standard InChI is InChI=1S/C14H14N2O/c1-11(12-5-3-2-4-6-12)9-14(7-8-14)13(17)10-16-15/h2-6,9-10H,7-8H2,1H3/b11-9+. The van der Waals surface area contributed by atoms with Crippen molar-refractivity contribution < 1.29 is 9.58 Å². The third-order valence-corrected chi connectivity index (χ3v) is 3.18. The zero-order chi connectivity index (χ0) is 12.3. The van der Waals surface area contributed by atoms with Crippen LogP contribution in [0.2, 0.25) is 0 Å². The minimum atomic E-state index is -0.424. The number of carbonyl (C=O) groups is 1. The molecule has 0 bridgehead atoms. The van der Waals surface area contributed by atoms with Gasteiger partial charge in [0.25, 0.3) is 0 Å². The molecule has 17 heavy (non-hydrogen) atoms. The molecule has 1 fully saturated rings. The van der Waals surface area contributed by atoms with Crippen molar-refractivity contribution in [2.24, 2.45) is 5.41 Å². The summed E-state index contributed by atoms with van der Waals surface area (Å²) in [6.45, 7) is 2.00. The molecule has 0 atom stereocenters. The zero-order valence-corrected chi connectivity index (χ0v) is 9.76. The van der Waals surface area contributed by atoms with E-state index < -0.39 is 5.41 Å². The minimum Gasteiger partial charge on any atom is -0.361 e. The van der Waals surface area contributed by atoms with Crippen LogP contribution in [0.5, 0.6) is 0 Å². The first-order chi connectivity index (χ1) is 8.18. The first kappa shape index (κ1) is 11.5. The first-order valence-electron chi connectivity index (χ1n) is 5.65. The molecule has 3 nitrogen and oxygen atoms in total. The zero-order valence-electron chi connectivity index (χ0n) is 9.76. The lowest BCUT2D eigenvalue weighted by atomic mass is 9.95. The van der Waals surface area contributed by atoms with Gasteiger partial charge in [0.2, 0.25) is 5.78 Å². The van der Waals surface area contributed by atoms with Crippen molar-refractivity contribution in [3.05, 3.63) is 47.5 Å². The number of rotatable bonds is 4. The van der Waals surface area contributed by atoms with Gasteiger partial charge < -0.3 is 5.53 Å². The van der Waals surface area contributed by atoms with Gasteiger partial charge in [-0.3, -0.25) is 4.79 Å². The maximum Gasteiger partial charge on any atom is 0.324 e. The Hall–Kier alpha value is -1.99. The van der Waals surface area contributed by atoms with Gasteiger partial charge in [0.15, 0.2) is 0 Å². The van der Waals surface area contributed by atoms with Crippen LogP contribution >= 0.6 is 0 Å². The summed E-state index contributed by atoms with van der Waals surface area (Å²) in [5.74, 6) is -0.115. The number of carbonyl (C=O) groups excluding carboxylic acids is 1. The molecule has 0 radical (unpaired) electrons. The quantitative estimate of drug-likeness (QED) is 0.442. The average molecular weight is 226 g/mol. The third kappa shape index (κ3) is 2.40. The summed E-state index contributed by atoms with van der Waals surface area (Å²) in [4.78, 5) is 14.6. The van der Waals surface area contributed by atoms with E-state index in [2.05, 4.69) is 4.79 Å². The molecule has 1 saturated carbocycles. The second-order valence-electron chi connectivity index (χ2n) is 4.46. The summed E-state index contributed by atoms with van der Waals surface area (Å²) in [5, 5.41) is 0. The van der Waals surface area contributed by atoms with Crippen LogP contribution in [-0.4, -0.2) is 16.8 Å². The number of hydrogen-bond acceptors (Lipinski definition) is 1. The second kappa shape index (κ2) is 4.48. The Morgan fingerprint density at radius 1 is 1.35 bits per heavy atom. The van der Waals surface area contributed by atoms with E-state index in [-0.39, 0.29) is 5.78 Å². The molecule has 1 aliphatic carbocycles. The van der Waals surface area contributed by atoms with Crippen molar-refractivity contribution in [2.75, 3.05) is 0 Å². The Morgan fingerprint density at radius 2 is 2.00 bits per heavy atom. The highest BCUT2D eigenvalue weighted by molar-refractivity contribution is 6.29. The van der Waals surface area contributed by atoms with Crippen LogP contribution in [0.3, 0.4) is 0 Å². The fraction of sp³-hybridized carbons (Fsp3) is 0.286. The molecule has 0 spiro atoms. The van der Waals surface area contributed by atoms with E-state index in [9.17, 15) is 4.79 Å². The van der Waals surface area contributed by atoms with E-state index in [1.807, 2.05) is 43.3 Å². The van der Waals surface area contributed by atoms with E-state index in [0.29, 0.717) is 0 Å². The summed E-state index contributed by atoms with van der Waals surface area (Å²) in [6.07, 6.45) is 4.66. The molecule has 3 heteroatoms. The minimum absolute atomic E-state index is 0.115. The first-order valence-corrected chi connectivity index (χ1v) is 5.65. The summed E-state index contributed by atoms with van der Waals surface area (Å²) < 4.78 is 0. The molecule has 2 rings (SSSR count). The summed E-state index contributed by atoms with van der Waals surface area (Å²) in [6, 6.07) is 9.96. The maximum absolute atomic E-state index is 11.7. The number of allylic oxidation sites excluding steroid dienone is 2. The van der Waals surface area contributed by atoms with E-state index in [0.717, 1.165) is 30.2 Å². The Balaban J connectivity index is 2.26. The highest BCUT2D eigenvalue weighted by atomic mass is 16.1. The van der Waals surface area contributed by atoms with Crippen molar-refractivity contribution in [3.63, 3.8) is 0 Å². The highest BCUT2D eigenvalue weighted by Crippen LogP contribution is 2.49. The molecule has 0 aliphatic heterocycles. The van der Waals surface area contributed by atoms with Gasteiger partial charge in [-0.2, -0.15) is 4.79 Å². The molecule has 1 aromatic carbocycles. The Kier molecular flexibility index (Phi) is 3.03. The van der Waals surface area contributed by atoms with Gasteiger partial charge in [-0.1, -0.05) is 36.4 Å². The van der Waals surface area contributed by atoms with Crippen molar-refractivity contribution in [3.8, 4) is 0 Å². The molecule has 0 amide bonds. The lowest BCUT2D eigenvalue weighted by Gasteiger charge is -2.06. The molecule has 1 aromatic rings. The van der Waals surface area contributed by atoms with Gasteiger partial charge in [-0.25, -0.2) is 0 Å². The smallest absolute Gasteiger partial charge is 0.324 e. The molecular weight excluding hydrogens is 212 g/mol. The average Bonchev–Trinajstić information content (AvgIpc) is 3.11. The second-order valence-corrected chi connectivity index (χ2v) is 4.46. The molecule has 0 aromatic heterocycles. The lowest BCUT2D eigenvalue weighted by Crippen LogP contribution is -2.15. The van der Waals surface area contributed by atoms with Gasteiger partial charge in [0, 0.05) is 0 Å². The molecule has 0 N–H and O–H groups in total. The van der Waals surface area contributed by atoms with Gasteiger partial charge in [0.1, 0.15) is 0 Å². The topological polar surface area (TPSA) is 53.5 Å². The van der Waals surface area contributed by atoms with Crippen LogP contribution in [-0.2, 0) is 4.79 Å². The number of hydrogen-bond donors (Lipinski definition) is 0. The predicted molar refractivity (Wildman–Crippen MR) is 66.5 cm³/mol. The van der Waals surface area contributed by atoms with Crippen molar-refractivity contribution in [1.29, 1.82) is 0 Å². The number of nitrogens with zero attached hydrogens (tertiary/aromatic N) is 2. The van der Waals surface area contributed by atoms with Crippen LogP contribution in [0.4, 0.5) is 0 Å². The van der Waals surface area contributed by atoms with E-state index >= 15 is 0 Å². The largest absolute Gasteiger partial charge is 0.361 e. The predicted octanol–water partition coefficient (Wildman–Crippen LogP) is 2.74. The number of benzene rings is 1. The Morgan fingerprint density at radius 3 is 2.53 bits per heavy atom. The molecule has 86 valence electrons. The summed E-state index contributed by atoms with van der Waals surface area (Å²) in [5.41, 5.74) is 10.2. The van der Waals surface area contributed by atoms with Crippen LogP contribution < -0.4 is 0 Å². The third-order valence-electron chi connectivity index (χ3n) is 3.18. The van der Waals surface area contributed by atoms with E-state index in [1.165, 1.54) is 0 Å². The molecular formula is C14H14N2O. The fourth-order valence-electron chi connectivity index (χ4n) is 1.98. The van der Waals surface area contributed by atoms with Crippen LogP contribution in [0.1, 0.15) is 25.3 Å². The monoisotopic (exact) mass is 226 g/mol. The van der Waals surface area contributed by atoms with Crippen LogP contribution in [0.25, 0.3) is 11.1 Å². The van der Waals surface area contributed by atoms with Gasteiger partial charge in [0.05, 0.1) is 5.41 Å². The normalized spacial score (nSPS) is 17.1. The van der Waals surface area contributed by atoms with Crippen molar-refractivity contribution in [1.82, 2.24) is 0 Å². The van der Waals surface area contributed by atoms with Crippen LogP contribution in [0, 0.1) is 5.41 Å². The molecule has 0 saturated heterocycles. The van der Waals surface area contributed by atoms with E-state index in [1.54, 1.807) is 0 Å².